The van der Waals surface area contributed by atoms with Crippen molar-refractivity contribution in [1.82, 2.24) is 4.90 Å². The summed E-state index contributed by atoms with van der Waals surface area (Å²) >= 11 is 0. The molecule has 0 bridgehead atoms. The second-order valence-corrected chi connectivity index (χ2v) is 7.51. The number of carbonyl (C=O) groups is 1. The zero-order valence-electron chi connectivity index (χ0n) is 14.8. The third kappa shape index (κ3) is 5.34. The third-order valence-electron chi connectivity index (χ3n) is 5.67. The largest absolute Gasteiger partial charge is 0.376 e. The molecule has 0 aromatic heterocycles. The highest BCUT2D eigenvalue weighted by atomic mass is 16.5. The number of hydrogen-bond acceptors (Lipinski definition) is 2. The molecule has 0 radical (unpaired) electrons. The van der Waals surface area contributed by atoms with Crippen molar-refractivity contribution in [2.45, 2.75) is 58.0 Å². The second kappa shape index (κ2) is 9.22. The minimum atomic E-state index is 0.380. The number of nitrogens with zero attached hydrogens (tertiary/aromatic N) is 1. The first kappa shape index (κ1) is 17.5. The van der Waals surface area contributed by atoms with Gasteiger partial charge in [0.1, 0.15) is 0 Å². The van der Waals surface area contributed by atoms with Crippen molar-refractivity contribution in [3.05, 3.63) is 35.9 Å². The lowest BCUT2D eigenvalue weighted by Crippen LogP contribution is -2.39. The number of carbonyl (C=O) groups excluding carboxylic acids is 1. The van der Waals surface area contributed by atoms with Gasteiger partial charge in [-0.3, -0.25) is 4.79 Å². The minimum absolute atomic E-state index is 0.380. The van der Waals surface area contributed by atoms with Gasteiger partial charge in [0.2, 0.25) is 5.91 Å². The zero-order valence-corrected chi connectivity index (χ0v) is 14.8. The molecule has 0 spiro atoms. The standard InChI is InChI=1S/C21H31NO2/c23-21(11-10-18-6-4-5-7-18)22-14-12-20(13-15-22)17-24-16-19-8-2-1-3-9-19/h1-3,8-9,18,20H,4-7,10-17H2. The van der Waals surface area contributed by atoms with E-state index in [1.165, 1.54) is 31.2 Å². The lowest BCUT2D eigenvalue weighted by atomic mass is 9.96. The van der Waals surface area contributed by atoms with Crippen LogP contribution in [0.25, 0.3) is 0 Å². The molecule has 0 N–H and O–H groups in total. The highest BCUT2D eigenvalue weighted by molar-refractivity contribution is 5.76. The van der Waals surface area contributed by atoms with Gasteiger partial charge in [0.05, 0.1) is 6.61 Å². The van der Waals surface area contributed by atoms with Crippen LogP contribution in [0.4, 0.5) is 0 Å². The van der Waals surface area contributed by atoms with Gasteiger partial charge in [-0.25, -0.2) is 0 Å². The van der Waals surface area contributed by atoms with Crippen LogP contribution in [-0.2, 0) is 16.1 Å². The van der Waals surface area contributed by atoms with E-state index in [0.717, 1.165) is 51.3 Å². The molecule has 24 heavy (non-hydrogen) atoms. The Balaban J connectivity index is 1.29. The molecule has 3 nitrogen and oxygen atoms in total. The van der Waals surface area contributed by atoms with Crippen LogP contribution in [0, 0.1) is 11.8 Å². The molecule has 2 aliphatic rings. The molecule has 1 saturated carbocycles. The van der Waals surface area contributed by atoms with Crippen LogP contribution in [0.3, 0.4) is 0 Å². The first-order valence-electron chi connectivity index (χ1n) is 9.70. The maximum atomic E-state index is 12.4. The van der Waals surface area contributed by atoms with Gasteiger partial charge in [-0.1, -0.05) is 56.0 Å². The van der Waals surface area contributed by atoms with Gasteiger partial charge in [0, 0.05) is 26.1 Å². The zero-order chi connectivity index (χ0) is 16.6. The molecular weight excluding hydrogens is 298 g/mol. The normalized spacial score (nSPS) is 19.8. The molecule has 0 unspecified atom stereocenters. The van der Waals surface area contributed by atoms with Gasteiger partial charge in [-0.2, -0.15) is 0 Å². The fraction of sp³-hybridized carbons (Fsp3) is 0.667. The second-order valence-electron chi connectivity index (χ2n) is 7.51. The van der Waals surface area contributed by atoms with E-state index in [-0.39, 0.29) is 0 Å². The molecular formula is C21H31NO2. The molecule has 132 valence electrons. The maximum Gasteiger partial charge on any atom is 0.222 e. The Labute approximate surface area is 146 Å². The van der Waals surface area contributed by atoms with Gasteiger partial charge in [0.25, 0.3) is 0 Å². The summed E-state index contributed by atoms with van der Waals surface area (Å²) in [4.78, 5) is 14.4. The molecule has 1 saturated heterocycles. The lowest BCUT2D eigenvalue weighted by molar-refractivity contribution is -0.133. The molecule has 1 aliphatic heterocycles. The van der Waals surface area contributed by atoms with Crippen molar-refractivity contribution in [2.24, 2.45) is 11.8 Å². The number of piperidine rings is 1. The summed E-state index contributed by atoms with van der Waals surface area (Å²) in [5.74, 6) is 1.80. The van der Waals surface area contributed by atoms with E-state index in [1.807, 2.05) is 18.2 Å². The van der Waals surface area contributed by atoms with E-state index in [0.29, 0.717) is 18.4 Å². The van der Waals surface area contributed by atoms with Crippen LogP contribution in [0.15, 0.2) is 30.3 Å². The Morgan fingerprint density at radius 2 is 1.71 bits per heavy atom. The number of ether oxygens (including phenoxy) is 1. The van der Waals surface area contributed by atoms with E-state index in [2.05, 4.69) is 17.0 Å². The van der Waals surface area contributed by atoms with E-state index >= 15 is 0 Å². The Bertz CT molecular complexity index is 488. The van der Waals surface area contributed by atoms with Crippen LogP contribution in [0.5, 0.6) is 0 Å². The summed E-state index contributed by atoms with van der Waals surface area (Å²) in [6, 6.07) is 10.3. The van der Waals surface area contributed by atoms with E-state index in [4.69, 9.17) is 4.74 Å². The van der Waals surface area contributed by atoms with E-state index in [9.17, 15) is 4.79 Å². The molecule has 1 aromatic rings. The lowest BCUT2D eigenvalue weighted by Gasteiger charge is -2.32. The van der Waals surface area contributed by atoms with Gasteiger partial charge in [-0.05, 0) is 36.7 Å². The van der Waals surface area contributed by atoms with Gasteiger partial charge >= 0.3 is 0 Å². The molecule has 0 atom stereocenters. The molecule has 1 aromatic carbocycles. The fourth-order valence-electron chi connectivity index (χ4n) is 4.05. The first-order valence-corrected chi connectivity index (χ1v) is 9.70. The number of benzene rings is 1. The molecule has 3 heteroatoms. The summed E-state index contributed by atoms with van der Waals surface area (Å²) in [6.45, 7) is 3.35. The molecule has 2 fully saturated rings. The van der Waals surface area contributed by atoms with Gasteiger partial charge in [0.15, 0.2) is 0 Å². The maximum absolute atomic E-state index is 12.4. The Hall–Kier alpha value is -1.35. The topological polar surface area (TPSA) is 29.5 Å². The summed E-state index contributed by atoms with van der Waals surface area (Å²) in [5, 5.41) is 0. The average Bonchev–Trinajstić information content (AvgIpc) is 3.15. The molecule has 1 amide bonds. The number of amides is 1. The molecule has 3 rings (SSSR count). The predicted octanol–water partition coefficient (Wildman–Crippen LogP) is 4.41. The number of hydrogen-bond donors (Lipinski definition) is 0. The molecule has 1 heterocycles. The van der Waals surface area contributed by atoms with Gasteiger partial charge < -0.3 is 9.64 Å². The van der Waals surface area contributed by atoms with Crippen LogP contribution in [0.2, 0.25) is 0 Å². The quantitative estimate of drug-likeness (QED) is 0.741. The Morgan fingerprint density at radius 1 is 1.00 bits per heavy atom. The smallest absolute Gasteiger partial charge is 0.222 e. The SMILES string of the molecule is O=C(CCC1CCCC1)N1CCC(COCc2ccccc2)CC1. The van der Waals surface area contributed by atoms with Crippen molar-refractivity contribution >= 4 is 5.91 Å². The highest BCUT2D eigenvalue weighted by Gasteiger charge is 2.24. The number of likely N-dealkylation sites (tertiary alicyclic amines) is 1. The van der Waals surface area contributed by atoms with E-state index in [1.54, 1.807) is 0 Å². The summed E-state index contributed by atoms with van der Waals surface area (Å²) in [7, 11) is 0. The van der Waals surface area contributed by atoms with Crippen molar-refractivity contribution < 1.29 is 9.53 Å². The minimum Gasteiger partial charge on any atom is -0.376 e. The average molecular weight is 329 g/mol. The first-order chi connectivity index (χ1) is 11.8. The Morgan fingerprint density at radius 3 is 2.42 bits per heavy atom. The monoisotopic (exact) mass is 329 g/mol. The van der Waals surface area contributed by atoms with Crippen LogP contribution in [-0.4, -0.2) is 30.5 Å². The van der Waals surface area contributed by atoms with Crippen LogP contribution < -0.4 is 0 Å². The third-order valence-corrected chi connectivity index (χ3v) is 5.67. The van der Waals surface area contributed by atoms with Crippen LogP contribution >= 0.6 is 0 Å². The van der Waals surface area contributed by atoms with Crippen molar-refractivity contribution in [3.63, 3.8) is 0 Å². The Kier molecular flexibility index (Phi) is 6.71. The van der Waals surface area contributed by atoms with E-state index < -0.39 is 0 Å². The fourth-order valence-corrected chi connectivity index (χ4v) is 4.05. The van der Waals surface area contributed by atoms with Crippen LogP contribution in [0.1, 0.15) is 56.9 Å². The summed E-state index contributed by atoms with van der Waals surface area (Å²) in [6.07, 6.45) is 9.47. The number of rotatable bonds is 7. The van der Waals surface area contributed by atoms with Crippen molar-refractivity contribution in [1.29, 1.82) is 0 Å². The van der Waals surface area contributed by atoms with Crippen molar-refractivity contribution in [2.75, 3.05) is 19.7 Å². The van der Waals surface area contributed by atoms with Gasteiger partial charge in [-0.15, -0.1) is 0 Å². The molecule has 1 aliphatic carbocycles. The summed E-state index contributed by atoms with van der Waals surface area (Å²) in [5.41, 5.74) is 1.23. The summed E-state index contributed by atoms with van der Waals surface area (Å²) < 4.78 is 5.87. The highest BCUT2D eigenvalue weighted by Crippen LogP contribution is 2.29. The van der Waals surface area contributed by atoms with Crippen molar-refractivity contribution in [3.8, 4) is 0 Å². The predicted molar refractivity (Wildman–Crippen MR) is 96.6 cm³/mol.